The molecule has 0 N–H and O–H groups in total. The molecule has 1 aliphatic heterocycles. The lowest BCUT2D eigenvalue weighted by molar-refractivity contribution is -0.129. The SMILES string of the molecule is C=CCc1ccc(OC(=O)C=CC=Cc2ccc3c(c2)OCO3)c(OC)c1. The van der Waals surface area contributed by atoms with E-state index in [0.29, 0.717) is 17.2 Å². The first-order valence-corrected chi connectivity index (χ1v) is 8.43. The van der Waals surface area contributed by atoms with Crippen LogP contribution in [0.25, 0.3) is 6.08 Å². The van der Waals surface area contributed by atoms with Crippen LogP contribution in [-0.4, -0.2) is 19.9 Å². The molecule has 1 aliphatic rings. The van der Waals surface area contributed by atoms with E-state index in [9.17, 15) is 4.79 Å². The number of esters is 1. The van der Waals surface area contributed by atoms with Gasteiger partial charge in [-0.05, 0) is 41.8 Å². The van der Waals surface area contributed by atoms with E-state index in [0.717, 1.165) is 23.3 Å². The molecule has 0 unspecified atom stereocenters. The molecule has 0 saturated carbocycles. The number of hydrogen-bond acceptors (Lipinski definition) is 5. The Morgan fingerprint density at radius 1 is 1.11 bits per heavy atom. The van der Waals surface area contributed by atoms with Crippen molar-refractivity contribution in [2.24, 2.45) is 0 Å². The number of allylic oxidation sites excluding steroid dienone is 3. The van der Waals surface area contributed by atoms with Gasteiger partial charge in [0.1, 0.15) is 0 Å². The van der Waals surface area contributed by atoms with Crippen LogP contribution in [0.15, 0.2) is 67.3 Å². The van der Waals surface area contributed by atoms with Gasteiger partial charge >= 0.3 is 5.97 Å². The second-order valence-corrected chi connectivity index (χ2v) is 5.73. The van der Waals surface area contributed by atoms with Crippen LogP contribution in [0.2, 0.25) is 0 Å². The van der Waals surface area contributed by atoms with E-state index in [4.69, 9.17) is 18.9 Å². The number of fused-ring (bicyclic) bond motifs is 1. The Morgan fingerprint density at radius 3 is 2.78 bits per heavy atom. The minimum atomic E-state index is -0.486. The molecular formula is C22H20O5. The van der Waals surface area contributed by atoms with Gasteiger partial charge in [-0.2, -0.15) is 0 Å². The van der Waals surface area contributed by atoms with Gasteiger partial charge in [-0.1, -0.05) is 36.4 Å². The van der Waals surface area contributed by atoms with E-state index in [2.05, 4.69) is 6.58 Å². The number of rotatable bonds is 7. The van der Waals surface area contributed by atoms with E-state index >= 15 is 0 Å². The molecule has 1 heterocycles. The number of carbonyl (C=O) groups is 1. The topological polar surface area (TPSA) is 54.0 Å². The molecule has 27 heavy (non-hydrogen) atoms. The molecule has 0 spiro atoms. The molecule has 0 atom stereocenters. The molecule has 0 amide bonds. The number of ether oxygens (including phenoxy) is 4. The number of hydrogen-bond donors (Lipinski definition) is 0. The Bertz CT molecular complexity index is 896. The van der Waals surface area contributed by atoms with Crippen molar-refractivity contribution in [1.29, 1.82) is 0 Å². The number of benzene rings is 2. The molecule has 0 radical (unpaired) electrons. The molecule has 5 heteroatoms. The summed E-state index contributed by atoms with van der Waals surface area (Å²) in [7, 11) is 1.54. The smallest absolute Gasteiger partial charge is 0.336 e. The van der Waals surface area contributed by atoms with Crippen molar-refractivity contribution in [2.75, 3.05) is 13.9 Å². The average molecular weight is 364 g/mol. The van der Waals surface area contributed by atoms with Crippen LogP contribution in [0.1, 0.15) is 11.1 Å². The standard InChI is InChI=1S/C22H20O5/c1-3-6-16-10-12-19(20(13-16)24-2)27-22(23)8-5-4-7-17-9-11-18-21(14-17)26-15-25-18/h3-5,7-14H,1,6,15H2,2H3. The molecule has 0 fully saturated rings. The fourth-order valence-corrected chi connectivity index (χ4v) is 2.55. The first-order valence-electron chi connectivity index (χ1n) is 8.43. The van der Waals surface area contributed by atoms with Crippen molar-refractivity contribution < 1.29 is 23.7 Å². The monoisotopic (exact) mass is 364 g/mol. The van der Waals surface area contributed by atoms with Gasteiger partial charge in [-0.15, -0.1) is 6.58 Å². The zero-order valence-corrected chi connectivity index (χ0v) is 15.0. The van der Waals surface area contributed by atoms with Crippen LogP contribution >= 0.6 is 0 Å². The lowest BCUT2D eigenvalue weighted by Gasteiger charge is -2.09. The zero-order chi connectivity index (χ0) is 19.1. The van der Waals surface area contributed by atoms with Gasteiger partial charge in [-0.3, -0.25) is 0 Å². The molecule has 5 nitrogen and oxygen atoms in total. The first kappa shape index (κ1) is 18.3. The van der Waals surface area contributed by atoms with Crippen molar-refractivity contribution in [3.8, 4) is 23.0 Å². The second-order valence-electron chi connectivity index (χ2n) is 5.73. The molecule has 2 aromatic carbocycles. The van der Waals surface area contributed by atoms with E-state index in [-0.39, 0.29) is 6.79 Å². The van der Waals surface area contributed by atoms with E-state index in [1.807, 2.05) is 36.4 Å². The zero-order valence-electron chi connectivity index (χ0n) is 15.0. The van der Waals surface area contributed by atoms with Crippen LogP contribution in [0.4, 0.5) is 0 Å². The largest absolute Gasteiger partial charge is 0.493 e. The summed E-state index contributed by atoms with van der Waals surface area (Å²) in [5.41, 5.74) is 1.97. The highest BCUT2D eigenvalue weighted by Gasteiger charge is 2.12. The summed E-state index contributed by atoms with van der Waals surface area (Å²) in [6.45, 7) is 3.95. The summed E-state index contributed by atoms with van der Waals surface area (Å²) in [4.78, 5) is 12.0. The first-order chi connectivity index (χ1) is 13.2. The molecule has 0 aliphatic carbocycles. The van der Waals surface area contributed by atoms with Crippen LogP contribution in [0, 0.1) is 0 Å². The summed E-state index contributed by atoms with van der Waals surface area (Å²) >= 11 is 0. The third kappa shape index (κ3) is 4.79. The Balaban J connectivity index is 1.59. The molecule has 0 bridgehead atoms. The van der Waals surface area contributed by atoms with Crippen LogP contribution < -0.4 is 18.9 Å². The summed E-state index contributed by atoms with van der Waals surface area (Å²) in [6, 6.07) is 11.0. The Hall–Kier alpha value is -3.47. The van der Waals surface area contributed by atoms with E-state index in [1.165, 1.54) is 13.2 Å². The van der Waals surface area contributed by atoms with Gasteiger partial charge in [-0.25, -0.2) is 4.79 Å². The van der Waals surface area contributed by atoms with Gasteiger partial charge < -0.3 is 18.9 Å². The summed E-state index contributed by atoms with van der Waals surface area (Å²) < 4.78 is 21.2. The molecular weight excluding hydrogens is 344 g/mol. The van der Waals surface area contributed by atoms with Crippen molar-refractivity contribution in [1.82, 2.24) is 0 Å². The average Bonchev–Trinajstić information content (AvgIpc) is 3.14. The highest BCUT2D eigenvalue weighted by molar-refractivity contribution is 5.85. The van der Waals surface area contributed by atoms with Gasteiger partial charge in [0, 0.05) is 6.08 Å². The lowest BCUT2D eigenvalue weighted by Crippen LogP contribution is -2.05. The molecule has 3 rings (SSSR count). The number of carbonyl (C=O) groups excluding carboxylic acids is 1. The van der Waals surface area contributed by atoms with Gasteiger partial charge in [0.25, 0.3) is 0 Å². The molecule has 0 saturated heterocycles. The minimum absolute atomic E-state index is 0.242. The Morgan fingerprint density at radius 2 is 1.96 bits per heavy atom. The van der Waals surface area contributed by atoms with E-state index in [1.54, 1.807) is 24.3 Å². The third-order valence-electron chi connectivity index (χ3n) is 3.85. The van der Waals surface area contributed by atoms with Crippen molar-refractivity contribution in [2.45, 2.75) is 6.42 Å². The fourth-order valence-electron chi connectivity index (χ4n) is 2.55. The van der Waals surface area contributed by atoms with Crippen molar-refractivity contribution in [3.05, 3.63) is 78.4 Å². The Kier molecular flexibility index (Phi) is 5.94. The maximum atomic E-state index is 12.0. The van der Waals surface area contributed by atoms with Crippen LogP contribution in [0.5, 0.6) is 23.0 Å². The van der Waals surface area contributed by atoms with Gasteiger partial charge in [0.05, 0.1) is 7.11 Å². The second kappa shape index (κ2) is 8.76. The van der Waals surface area contributed by atoms with Crippen molar-refractivity contribution >= 4 is 12.0 Å². The normalized spacial score (nSPS) is 12.5. The van der Waals surface area contributed by atoms with Crippen LogP contribution in [-0.2, 0) is 11.2 Å². The van der Waals surface area contributed by atoms with Gasteiger partial charge in [0.15, 0.2) is 23.0 Å². The maximum Gasteiger partial charge on any atom is 0.336 e. The molecule has 0 aromatic heterocycles. The highest BCUT2D eigenvalue weighted by atomic mass is 16.7. The van der Waals surface area contributed by atoms with Gasteiger partial charge in [0.2, 0.25) is 6.79 Å². The van der Waals surface area contributed by atoms with E-state index < -0.39 is 5.97 Å². The molecule has 2 aromatic rings. The predicted octanol–water partition coefficient (Wildman–Crippen LogP) is 4.33. The summed E-state index contributed by atoms with van der Waals surface area (Å²) in [5.74, 6) is 1.85. The van der Waals surface area contributed by atoms with Crippen LogP contribution in [0.3, 0.4) is 0 Å². The van der Waals surface area contributed by atoms with Crippen molar-refractivity contribution in [3.63, 3.8) is 0 Å². The predicted molar refractivity (Wildman–Crippen MR) is 103 cm³/mol. The lowest BCUT2D eigenvalue weighted by atomic mass is 10.1. The maximum absolute atomic E-state index is 12.0. The summed E-state index contributed by atoms with van der Waals surface area (Å²) in [6.07, 6.45) is 9.09. The Labute approximate surface area is 158 Å². The quantitative estimate of drug-likeness (QED) is 0.241. The summed E-state index contributed by atoms with van der Waals surface area (Å²) in [5, 5.41) is 0. The third-order valence-corrected chi connectivity index (χ3v) is 3.85. The fraction of sp³-hybridized carbons (Fsp3) is 0.136. The number of methoxy groups -OCH3 is 1. The minimum Gasteiger partial charge on any atom is -0.493 e. The highest BCUT2D eigenvalue weighted by Crippen LogP contribution is 2.32. The molecule has 138 valence electrons.